The van der Waals surface area contributed by atoms with E-state index in [1.165, 1.54) is 38.5 Å². The van der Waals surface area contributed by atoms with Gasteiger partial charge >= 0.3 is 0 Å². The zero-order chi connectivity index (χ0) is 10.5. The molecule has 0 aromatic carbocycles. The molecule has 1 N–H and O–H groups in total. The van der Waals surface area contributed by atoms with Crippen LogP contribution in [0, 0.1) is 5.92 Å². The number of nitrogens with zero attached hydrogens (tertiary/aromatic N) is 1. The molecule has 1 heterocycles. The highest BCUT2D eigenvalue weighted by Gasteiger charge is 2.20. The third-order valence-electron chi connectivity index (χ3n) is 3.41. The van der Waals surface area contributed by atoms with Gasteiger partial charge in [0.2, 0.25) is 0 Å². The molecule has 0 saturated heterocycles. The van der Waals surface area contributed by atoms with Crippen molar-refractivity contribution in [2.75, 3.05) is 0 Å². The van der Waals surface area contributed by atoms with Crippen LogP contribution in [0.1, 0.15) is 44.8 Å². The Morgan fingerprint density at radius 1 is 1.53 bits per heavy atom. The maximum Gasteiger partial charge on any atom is 0.180 e. The largest absolute Gasteiger partial charge is 0.447 e. The highest BCUT2D eigenvalue weighted by atomic mass is 16.3. The quantitative estimate of drug-likeness (QED) is 0.826. The molecule has 2 unspecified atom stereocenters. The van der Waals surface area contributed by atoms with Crippen molar-refractivity contribution >= 4 is 0 Å². The van der Waals surface area contributed by atoms with E-state index < -0.39 is 0 Å². The Hall–Kier alpha value is -0.830. The number of aromatic nitrogens is 1. The average molecular weight is 208 g/mol. The van der Waals surface area contributed by atoms with Gasteiger partial charge in [0.25, 0.3) is 0 Å². The minimum absolute atomic E-state index is 0.675. The van der Waals surface area contributed by atoms with Crippen LogP contribution in [0.5, 0.6) is 0 Å². The van der Waals surface area contributed by atoms with Crippen molar-refractivity contribution in [2.24, 2.45) is 5.92 Å². The fourth-order valence-electron chi connectivity index (χ4n) is 2.42. The molecular formula is C12H20N2O. The molecule has 15 heavy (non-hydrogen) atoms. The van der Waals surface area contributed by atoms with Gasteiger partial charge in [-0.05, 0) is 18.8 Å². The Kier molecular flexibility index (Phi) is 3.78. The Balaban J connectivity index is 1.74. The lowest BCUT2D eigenvalue weighted by molar-refractivity contribution is 0.273. The van der Waals surface area contributed by atoms with Crippen LogP contribution in [0.25, 0.3) is 0 Å². The van der Waals surface area contributed by atoms with Crippen LogP contribution in [0.3, 0.4) is 0 Å². The van der Waals surface area contributed by atoms with Gasteiger partial charge < -0.3 is 9.73 Å². The van der Waals surface area contributed by atoms with Crippen LogP contribution in [-0.2, 0) is 6.54 Å². The second-order valence-electron chi connectivity index (χ2n) is 4.49. The summed E-state index contributed by atoms with van der Waals surface area (Å²) in [6, 6.07) is 0.675. The number of hydrogen-bond donors (Lipinski definition) is 1. The standard InChI is InChI=1S/C12H20N2O/c1-2-10-4-3-5-11(6-10)14-8-12-7-13-9-15-12/h7,9-11,14H,2-6,8H2,1H3. The van der Waals surface area contributed by atoms with Crippen molar-refractivity contribution in [3.63, 3.8) is 0 Å². The van der Waals surface area contributed by atoms with Crippen molar-refractivity contribution in [1.29, 1.82) is 0 Å². The molecule has 2 rings (SSSR count). The minimum atomic E-state index is 0.675. The summed E-state index contributed by atoms with van der Waals surface area (Å²) in [5, 5.41) is 3.55. The highest BCUT2D eigenvalue weighted by molar-refractivity contribution is 4.89. The Labute approximate surface area is 91.3 Å². The number of rotatable bonds is 4. The van der Waals surface area contributed by atoms with Crippen molar-refractivity contribution in [3.8, 4) is 0 Å². The maximum absolute atomic E-state index is 5.20. The van der Waals surface area contributed by atoms with E-state index in [1.807, 2.05) is 0 Å². The monoisotopic (exact) mass is 208 g/mol. The van der Waals surface area contributed by atoms with Gasteiger partial charge in [0.1, 0.15) is 5.76 Å². The van der Waals surface area contributed by atoms with Crippen molar-refractivity contribution in [1.82, 2.24) is 10.3 Å². The predicted molar refractivity (Wildman–Crippen MR) is 59.4 cm³/mol. The fourth-order valence-corrected chi connectivity index (χ4v) is 2.42. The zero-order valence-corrected chi connectivity index (χ0v) is 9.41. The van der Waals surface area contributed by atoms with Gasteiger partial charge in [0.05, 0.1) is 12.7 Å². The Morgan fingerprint density at radius 2 is 2.47 bits per heavy atom. The third-order valence-corrected chi connectivity index (χ3v) is 3.41. The van der Waals surface area contributed by atoms with Crippen molar-refractivity contribution in [2.45, 2.75) is 51.6 Å². The molecule has 3 heteroatoms. The van der Waals surface area contributed by atoms with Gasteiger partial charge in [-0.1, -0.05) is 26.2 Å². The Morgan fingerprint density at radius 3 is 3.20 bits per heavy atom. The van der Waals surface area contributed by atoms with Gasteiger partial charge in [-0.3, -0.25) is 0 Å². The van der Waals surface area contributed by atoms with E-state index in [4.69, 9.17) is 4.42 Å². The molecule has 0 spiro atoms. The lowest BCUT2D eigenvalue weighted by atomic mass is 9.84. The van der Waals surface area contributed by atoms with Crippen LogP contribution in [0.4, 0.5) is 0 Å². The van der Waals surface area contributed by atoms with E-state index in [0.29, 0.717) is 6.04 Å². The highest BCUT2D eigenvalue weighted by Crippen LogP contribution is 2.26. The van der Waals surface area contributed by atoms with Gasteiger partial charge in [-0.2, -0.15) is 0 Å². The van der Waals surface area contributed by atoms with Crippen LogP contribution >= 0.6 is 0 Å². The number of hydrogen-bond acceptors (Lipinski definition) is 3. The van der Waals surface area contributed by atoms with Crippen LogP contribution in [0.2, 0.25) is 0 Å². The Bertz CT molecular complexity index is 271. The SMILES string of the molecule is CCC1CCCC(NCc2cnco2)C1. The van der Waals surface area contributed by atoms with E-state index in [1.54, 1.807) is 6.20 Å². The summed E-state index contributed by atoms with van der Waals surface area (Å²) in [6.45, 7) is 3.12. The van der Waals surface area contributed by atoms with Crippen LogP contribution in [0.15, 0.2) is 17.0 Å². The van der Waals surface area contributed by atoms with Crippen molar-refractivity contribution < 1.29 is 4.42 Å². The molecule has 3 nitrogen and oxygen atoms in total. The molecule has 0 aliphatic heterocycles. The topological polar surface area (TPSA) is 38.1 Å². The van der Waals surface area contributed by atoms with E-state index in [0.717, 1.165) is 18.2 Å². The predicted octanol–water partition coefficient (Wildman–Crippen LogP) is 2.73. The summed E-state index contributed by atoms with van der Waals surface area (Å²) >= 11 is 0. The summed E-state index contributed by atoms with van der Waals surface area (Å²) in [5.74, 6) is 1.86. The van der Waals surface area contributed by atoms with Crippen LogP contribution < -0.4 is 5.32 Å². The maximum atomic E-state index is 5.20. The molecule has 0 amide bonds. The lowest BCUT2D eigenvalue weighted by Crippen LogP contribution is -2.33. The first-order valence-corrected chi connectivity index (χ1v) is 5.99. The van der Waals surface area contributed by atoms with E-state index in [9.17, 15) is 0 Å². The van der Waals surface area contributed by atoms with Gasteiger partial charge in [0, 0.05) is 6.04 Å². The summed E-state index contributed by atoms with van der Waals surface area (Å²) in [7, 11) is 0. The molecular weight excluding hydrogens is 188 g/mol. The summed E-state index contributed by atoms with van der Waals surface area (Å²) in [5.41, 5.74) is 0. The first-order valence-electron chi connectivity index (χ1n) is 5.99. The summed E-state index contributed by atoms with van der Waals surface area (Å²) < 4.78 is 5.20. The second-order valence-corrected chi connectivity index (χ2v) is 4.49. The van der Waals surface area contributed by atoms with Gasteiger partial charge in [-0.15, -0.1) is 0 Å². The lowest BCUT2D eigenvalue weighted by Gasteiger charge is -2.28. The normalized spacial score (nSPS) is 26.7. The van der Waals surface area contributed by atoms with Crippen LogP contribution in [-0.4, -0.2) is 11.0 Å². The smallest absolute Gasteiger partial charge is 0.180 e. The van der Waals surface area contributed by atoms with Crippen molar-refractivity contribution in [3.05, 3.63) is 18.4 Å². The minimum Gasteiger partial charge on any atom is -0.447 e. The zero-order valence-electron chi connectivity index (χ0n) is 9.41. The summed E-state index contributed by atoms with van der Waals surface area (Å²) in [4.78, 5) is 3.91. The average Bonchev–Trinajstić information content (AvgIpc) is 2.79. The molecule has 0 radical (unpaired) electrons. The van der Waals surface area contributed by atoms with E-state index in [-0.39, 0.29) is 0 Å². The fraction of sp³-hybridized carbons (Fsp3) is 0.750. The first kappa shape index (κ1) is 10.7. The number of nitrogens with one attached hydrogen (secondary N) is 1. The van der Waals surface area contributed by atoms with E-state index in [2.05, 4.69) is 17.2 Å². The molecule has 2 atom stereocenters. The third kappa shape index (κ3) is 3.06. The van der Waals surface area contributed by atoms with Gasteiger partial charge in [0.15, 0.2) is 6.39 Å². The van der Waals surface area contributed by atoms with E-state index >= 15 is 0 Å². The molecule has 1 saturated carbocycles. The van der Waals surface area contributed by atoms with Gasteiger partial charge in [-0.25, -0.2) is 4.98 Å². The molecule has 1 aliphatic carbocycles. The molecule has 1 aromatic heterocycles. The second kappa shape index (κ2) is 5.31. The molecule has 1 aromatic rings. The molecule has 1 fully saturated rings. The summed E-state index contributed by atoms with van der Waals surface area (Å²) in [6.07, 6.45) is 10.0. The first-order chi connectivity index (χ1) is 7.38. The number of oxazole rings is 1. The molecule has 1 aliphatic rings. The molecule has 0 bridgehead atoms. The molecule has 84 valence electrons.